The van der Waals surface area contributed by atoms with E-state index in [1.54, 1.807) is 6.08 Å². The highest BCUT2D eigenvalue weighted by Crippen LogP contribution is 2.35. The SMILES string of the molecule is Cn1nc(OCC2(C(=O)O)CC=CCC2)cc1C(F)(F)F. The Bertz CT molecular complexity index is 565. The number of alkyl halides is 3. The first kappa shape index (κ1) is 15.4. The lowest BCUT2D eigenvalue weighted by molar-refractivity contribution is -0.151. The molecule has 2 rings (SSSR count). The lowest BCUT2D eigenvalue weighted by Gasteiger charge is -2.29. The van der Waals surface area contributed by atoms with E-state index >= 15 is 0 Å². The minimum absolute atomic E-state index is 0.207. The first-order chi connectivity index (χ1) is 9.74. The number of aliphatic carboxylic acids is 1. The summed E-state index contributed by atoms with van der Waals surface area (Å²) in [5.74, 6) is -1.24. The Morgan fingerprint density at radius 2 is 2.24 bits per heavy atom. The van der Waals surface area contributed by atoms with Crippen molar-refractivity contribution in [1.82, 2.24) is 9.78 Å². The lowest BCUT2D eigenvalue weighted by atomic mass is 9.78. The van der Waals surface area contributed by atoms with E-state index in [1.165, 1.54) is 0 Å². The van der Waals surface area contributed by atoms with Gasteiger partial charge in [0.1, 0.15) is 17.7 Å². The molecule has 0 saturated heterocycles. The van der Waals surface area contributed by atoms with Crippen LogP contribution in [0.3, 0.4) is 0 Å². The van der Waals surface area contributed by atoms with Crippen LogP contribution in [0.15, 0.2) is 18.2 Å². The van der Waals surface area contributed by atoms with E-state index in [-0.39, 0.29) is 12.5 Å². The third-order valence-corrected chi connectivity index (χ3v) is 3.56. The average Bonchev–Trinajstić information content (AvgIpc) is 2.79. The second-order valence-electron chi connectivity index (χ2n) is 5.08. The fraction of sp³-hybridized carbons (Fsp3) is 0.538. The molecule has 0 bridgehead atoms. The van der Waals surface area contributed by atoms with Gasteiger partial charge in [0.15, 0.2) is 0 Å². The van der Waals surface area contributed by atoms with Crippen LogP contribution < -0.4 is 4.74 Å². The molecule has 1 aliphatic carbocycles. The van der Waals surface area contributed by atoms with Gasteiger partial charge in [-0.1, -0.05) is 12.2 Å². The number of rotatable bonds is 4. The number of halogens is 3. The van der Waals surface area contributed by atoms with E-state index < -0.39 is 23.3 Å². The number of ether oxygens (including phenoxy) is 1. The van der Waals surface area contributed by atoms with Crippen LogP contribution in [0.2, 0.25) is 0 Å². The molecule has 116 valence electrons. The molecule has 0 aliphatic heterocycles. The molecule has 1 atom stereocenters. The average molecular weight is 304 g/mol. The molecule has 1 unspecified atom stereocenters. The molecule has 1 aromatic rings. The second-order valence-corrected chi connectivity index (χ2v) is 5.08. The highest BCUT2D eigenvalue weighted by atomic mass is 19.4. The van der Waals surface area contributed by atoms with Crippen LogP contribution in [-0.2, 0) is 18.0 Å². The summed E-state index contributed by atoms with van der Waals surface area (Å²) in [6, 6.07) is 0.772. The zero-order chi connectivity index (χ0) is 15.7. The quantitative estimate of drug-likeness (QED) is 0.869. The molecule has 0 fully saturated rings. The van der Waals surface area contributed by atoms with Gasteiger partial charge in [0, 0.05) is 13.1 Å². The Labute approximate surface area is 119 Å². The third-order valence-electron chi connectivity index (χ3n) is 3.56. The van der Waals surface area contributed by atoms with Gasteiger partial charge in [-0.3, -0.25) is 9.48 Å². The van der Waals surface area contributed by atoms with E-state index in [2.05, 4.69) is 5.10 Å². The van der Waals surface area contributed by atoms with Crippen molar-refractivity contribution in [2.24, 2.45) is 12.5 Å². The molecule has 0 spiro atoms. The standard InChI is InChI=1S/C13H15F3N2O3/c1-18-9(13(14,15)16)7-10(17-18)21-8-12(11(19)20)5-3-2-4-6-12/h2-3,7H,4-6,8H2,1H3,(H,19,20). The summed E-state index contributed by atoms with van der Waals surface area (Å²) >= 11 is 0. The van der Waals surface area contributed by atoms with Crippen molar-refractivity contribution < 1.29 is 27.8 Å². The van der Waals surface area contributed by atoms with E-state index in [9.17, 15) is 23.1 Å². The van der Waals surface area contributed by atoms with E-state index in [0.29, 0.717) is 23.9 Å². The Kier molecular flexibility index (Phi) is 3.97. The zero-order valence-corrected chi connectivity index (χ0v) is 11.4. The summed E-state index contributed by atoms with van der Waals surface area (Å²) < 4.78 is 43.8. The molecule has 1 aromatic heterocycles. The highest BCUT2D eigenvalue weighted by Gasteiger charge is 2.40. The van der Waals surface area contributed by atoms with Crippen LogP contribution in [0.5, 0.6) is 5.88 Å². The van der Waals surface area contributed by atoms with Gasteiger partial charge in [0.25, 0.3) is 0 Å². The van der Waals surface area contributed by atoms with Crippen molar-refractivity contribution in [3.05, 3.63) is 23.9 Å². The van der Waals surface area contributed by atoms with Crippen molar-refractivity contribution in [2.75, 3.05) is 6.61 Å². The number of carboxylic acid groups (broad SMARTS) is 1. The van der Waals surface area contributed by atoms with Crippen LogP contribution in [0.4, 0.5) is 13.2 Å². The summed E-state index contributed by atoms with van der Waals surface area (Å²) in [6.45, 7) is -0.207. The minimum atomic E-state index is -4.53. The van der Waals surface area contributed by atoms with E-state index in [0.717, 1.165) is 13.1 Å². The van der Waals surface area contributed by atoms with Crippen molar-refractivity contribution in [2.45, 2.75) is 25.4 Å². The summed E-state index contributed by atoms with van der Waals surface area (Å²) in [5, 5.41) is 13.0. The van der Waals surface area contributed by atoms with Crippen LogP contribution in [0.25, 0.3) is 0 Å². The monoisotopic (exact) mass is 304 g/mol. The van der Waals surface area contributed by atoms with Crippen molar-refractivity contribution in [3.63, 3.8) is 0 Å². The first-order valence-electron chi connectivity index (χ1n) is 6.37. The number of aryl methyl sites for hydroxylation is 1. The molecule has 0 amide bonds. The summed E-state index contributed by atoms with van der Waals surface area (Å²) in [4.78, 5) is 11.4. The van der Waals surface area contributed by atoms with Gasteiger partial charge >= 0.3 is 12.1 Å². The normalized spacial score (nSPS) is 22.3. The molecular weight excluding hydrogens is 289 g/mol. The number of hydrogen-bond donors (Lipinski definition) is 1. The van der Waals surface area contributed by atoms with Gasteiger partial charge in [-0.05, 0) is 19.3 Å². The molecular formula is C13H15F3N2O3. The predicted molar refractivity (Wildman–Crippen MR) is 66.8 cm³/mol. The van der Waals surface area contributed by atoms with Gasteiger partial charge in [0.2, 0.25) is 5.88 Å². The maximum absolute atomic E-state index is 12.6. The van der Waals surface area contributed by atoms with E-state index in [4.69, 9.17) is 4.74 Å². The smallest absolute Gasteiger partial charge is 0.433 e. The molecule has 0 radical (unpaired) electrons. The maximum Gasteiger partial charge on any atom is 0.433 e. The van der Waals surface area contributed by atoms with Crippen LogP contribution in [0, 0.1) is 5.41 Å². The molecule has 0 saturated carbocycles. The fourth-order valence-corrected chi connectivity index (χ4v) is 2.26. The molecule has 5 nitrogen and oxygen atoms in total. The van der Waals surface area contributed by atoms with Gasteiger partial charge in [-0.25, -0.2) is 0 Å². The van der Waals surface area contributed by atoms with Crippen LogP contribution in [-0.4, -0.2) is 27.5 Å². The number of aromatic nitrogens is 2. The minimum Gasteiger partial charge on any atom is -0.481 e. The predicted octanol–water partition coefficient (Wildman–Crippen LogP) is 2.63. The highest BCUT2D eigenvalue weighted by molar-refractivity contribution is 5.75. The lowest BCUT2D eigenvalue weighted by Crippen LogP contribution is -2.37. The van der Waals surface area contributed by atoms with Crippen LogP contribution in [0.1, 0.15) is 25.0 Å². The largest absolute Gasteiger partial charge is 0.481 e. The molecule has 0 aromatic carbocycles. The summed E-state index contributed by atoms with van der Waals surface area (Å²) in [6.07, 6.45) is 0.385. The van der Waals surface area contributed by atoms with Crippen molar-refractivity contribution >= 4 is 5.97 Å². The zero-order valence-electron chi connectivity index (χ0n) is 11.4. The molecule has 1 heterocycles. The van der Waals surface area contributed by atoms with Gasteiger partial charge < -0.3 is 9.84 Å². The van der Waals surface area contributed by atoms with Crippen LogP contribution >= 0.6 is 0 Å². The Morgan fingerprint density at radius 3 is 2.71 bits per heavy atom. The summed E-state index contributed by atoms with van der Waals surface area (Å²) in [5.41, 5.74) is -2.05. The number of carboxylic acids is 1. The number of nitrogens with zero attached hydrogens (tertiary/aromatic N) is 2. The Morgan fingerprint density at radius 1 is 1.52 bits per heavy atom. The first-order valence-corrected chi connectivity index (χ1v) is 6.37. The maximum atomic E-state index is 12.6. The molecule has 21 heavy (non-hydrogen) atoms. The number of allylic oxidation sites excluding steroid dienone is 2. The number of carbonyl (C=O) groups is 1. The Hall–Kier alpha value is -1.99. The molecule has 1 N–H and O–H groups in total. The molecule has 1 aliphatic rings. The van der Waals surface area contributed by atoms with Gasteiger partial charge in [-0.15, -0.1) is 5.10 Å². The fourth-order valence-electron chi connectivity index (χ4n) is 2.26. The van der Waals surface area contributed by atoms with E-state index in [1.807, 2.05) is 6.08 Å². The Balaban J connectivity index is 2.12. The second kappa shape index (κ2) is 5.42. The third kappa shape index (κ3) is 3.20. The van der Waals surface area contributed by atoms with Gasteiger partial charge in [-0.2, -0.15) is 13.2 Å². The number of hydrogen-bond acceptors (Lipinski definition) is 3. The van der Waals surface area contributed by atoms with Crippen molar-refractivity contribution in [1.29, 1.82) is 0 Å². The topological polar surface area (TPSA) is 64.4 Å². The van der Waals surface area contributed by atoms with Crippen molar-refractivity contribution in [3.8, 4) is 5.88 Å². The molecule has 8 heteroatoms. The van der Waals surface area contributed by atoms with Gasteiger partial charge in [0.05, 0.1) is 0 Å². The summed E-state index contributed by atoms with van der Waals surface area (Å²) in [7, 11) is 1.16.